The monoisotopic (exact) mass is 218 g/mol. The summed E-state index contributed by atoms with van der Waals surface area (Å²) in [5.41, 5.74) is 0.184. The van der Waals surface area contributed by atoms with E-state index in [9.17, 15) is 13.2 Å². The highest BCUT2D eigenvalue weighted by Crippen LogP contribution is 2.33. The fourth-order valence-corrected chi connectivity index (χ4v) is 1.50. The van der Waals surface area contributed by atoms with Gasteiger partial charge in [-0.2, -0.15) is 13.2 Å². The minimum absolute atomic E-state index is 0.184. The van der Waals surface area contributed by atoms with Gasteiger partial charge in [0.25, 0.3) is 0 Å². The molecule has 0 aliphatic heterocycles. The summed E-state index contributed by atoms with van der Waals surface area (Å²) in [6.07, 6.45) is -4.48. The molecule has 0 spiro atoms. The Morgan fingerprint density at radius 3 is 2.71 bits per heavy atom. The van der Waals surface area contributed by atoms with Crippen molar-refractivity contribution in [3.8, 4) is 10.6 Å². The molecule has 0 fully saturated rings. The number of hydrogen-bond acceptors (Lipinski definition) is 3. The molecule has 2 aromatic rings. The summed E-state index contributed by atoms with van der Waals surface area (Å²) < 4.78 is 40.5. The predicted octanol–water partition coefficient (Wildman–Crippen LogP) is 3.22. The summed E-state index contributed by atoms with van der Waals surface area (Å²) >= 11 is 1.19. The van der Waals surface area contributed by atoms with Crippen molar-refractivity contribution >= 4 is 11.3 Å². The van der Waals surface area contributed by atoms with E-state index in [1.165, 1.54) is 11.3 Å². The first kappa shape index (κ1) is 9.26. The number of aromatic nitrogens is 1. The highest BCUT2D eigenvalue weighted by atomic mass is 32.1. The molecule has 6 heteroatoms. The van der Waals surface area contributed by atoms with Crippen LogP contribution in [-0.2, 0) is 6.18 Å². The zero-order chi connectivity index (χ0) is 10.2. The third-order valence-electron chi connectivity index (χ3n) is 1.51. The Balaban J connectivity index is 2.36. The van der Waals surface area contributed by atoms with Crippen molar-refractivity contribution in [2.75, 3.05) is 0 Å². The van der Waals surface area contributed by atoms with Gasteiger partial charge in [0.2, 0.25) is 5.76 Å². The van der Waals surface area contributed by atoms with Crippen molar-refractivity contribution < 1.29 is 17.7 Å². The van der Waals surface area contributed by atoms with Crippen LogP contribution in [0.15, 0.2) is 22.7 Å². The Kier molecular flexibility index (Phi) is 2.07. The SMILES string of the molecule is FC(F)(F)c1cc(-c2cc[c]s2)no1. The van der Waals surface area contributed by atoms with E-state index in [1.807, 2.05) is 0 Å². The van der Waals surface area contributed by atoms with Crippen LogP contribution in [0.25, 0.3) is 10.6 Å². The van der Waals surface area contributed by atoms with E-state index in [1.54, 1.807) is 12.1 Å². The molecule has 2 nitrogen and oxygen atoms in total. The van der Waals surface area contributed by atoms with Crippen molar-refractivity contribution in [2.45, 2.75) is 6.18 Å². The lowest BCUT2D eigenvalue weighted by atomic mass is 10.3. The second-order valence-electron chi connectivity index (χ2n) is 2.49. The van der Waals surface area contributed by atoms with Gasteiger partial charge >= 0.3 is 6.18 Å². The van der Waals surface area contributed by atoms with Crippen molar-refractivity contribution in [1.29, 1.82) is 0 Å². The third-order valence-corrected chi connectivity index (χ3v) is 2.33. The molecule has 2 heterocycles. The quantitative estimate of drug-likeness (QED) is 0.734. The zero-order valence-electron chi connectivity index (χ0n) is 6.63. The third kappa shape index (κ3) is 1.65. The van der Waals surface area contributed by atoms with Gasteiger partial charge in [0.05, 0.1) is 4.88 Å². The number of alkyl halides is 3. The largest absolute Gasteiger partial charge is 0.452 e. The van der Waals surface area contributed by atoms with Crippen molar-refractivity contribution in [3.05, 3.63) is 29.3 Å². The van der Waals surface area contributed by atoms with Gasteiger partial charge in [-0.1, -0.05) is 5.16 Å². The fraction of sp³-hybridized carbons (Fsp3) is 0.125. The maximum Gasteiger partial charge on any atom is 0.452 e. The van der Waals surface area contributed by atoms with Crippen LogP contribution in [0.5, 0.6) is 0 Å². The molecule has 0 aliphatic rings. The normalized spacial score (nSPS) is 11.9. The van der Waals surface area contributed by atoms with Gasteiger partial charge in [0.15, 0.2) is 0 Å². The van der Waals surface area contributed by atoms with Crippen LogP contribution in [0.1, 0.15) is 5.76 Å². The highest BCUT2D eigenvalue weighted by Gasteiger charge is 2.36. The van der Waals surface area contributed by atoms with Crippen LogP contribution in [0.3, 0.4) is 0 Å². The first-order valence-electron chi connectivity index (χ1n) is 3.57. The molecule has 0 aromatic carbocycles. The van der Waals surface area contributed by atoms with E-state index < -0.39 is 11.9 Å². The average Bonchev–Trinajstić information content (AvgIpc) is 2.73. The first-order valence-corrected chi connectivity index (χ1v) is 4.39. The molecule has 0 saturated heterocycles. The lowest BCUT2D eigenvalue weighted by molar-refractivity contribution is -0.155. The van der Waals surface area contributed by atoms with E-state index in [4.69, 9.17) is 0 Å². The molecule has 2 aromatic heterocycles. The maximum absolute atomic E-state index is 12.1. The Hall–Kier alpha value is -1.30. The molecular formula is C8H3F3NOS. The van der Waals surface area contributed by atoms with Crippen LogP contribution in [-0.4, -0.2) is 5.16 Å². The summed E-state index contributed by atoms with van der Waals surface area (Å²) in [5, 5.41) is 6.08. The van der Waals surface area contributed by atoms with Gasteiger partial charge in [-0.25, -0.2) is 0 Å². The molecule has 0 atom stereocenters. The minimum atomic E-state index is -4.48. The molecule has 2 rings (SSSR count). The van der Waals surface area contributed by atoms with Gasteiger partial charge in [-0.05, 0) is 12.1 Å². The minimum Gasteiger partial charge on any atom is -0.351 e. The number of rotatable bonds is 1. The molecule has 0 saturated carbocycles. The number of nitrogens with zero attached hydrogens (tertiary/aromatic N) is 1. The second-order valence-corrected chi connectivity index (χ2v) is 3.37. The van der Waals surface area contributed by atoms with Crippen molar-refractivity contribution in [2.24, 2.45) is 0 Å². The van der Waals surface area contributed by atoms with Gasteiger partial charge < -0.3 is 4.52 Å². The van der Waals surface area contributed by atoms with Crippen LogP contribution in [0, 0.1) is 5.38 Å². The predicted molar refractivity (Wildman–Crippen MR) is 43.7 cm³/mol. The number of thiophene rings is 1. The number of halogens is 3. The molecular weight excluding hydrogens is 215 g/mol. The molecule has 0 N–H and O–H groups in total. The maximum atomic E-state index is 12.1. The van der Waals surface area contributed by atoms with Gasteiger partial charge in [0, 0.05) is 11.4 Å². The Labute approximate surface area is 81.0 Å². The molecule has 0 amide bonds. The van der Waals surface area contributed by atoms with Gasteiger partial charge in [-0.15, -0.1) is 11.3 Å². The second kappa shape index (κ2) is 3.13. The lowest BCUT2D eigenvalue weighted by Crippen LogP contribution is -2.01. The molecule has 73 valence electrons. The summed E-state index contributed by atoms with van der Waals surface area (Å²) in [7, 11) is 0. The zero-order valence-corrected chi connectivity index (χ0v) is 7.45. The standard InChI is InChI=1S/C8H3F3NOS/c9-8(10,11)7-4-5(12-13-7)6-2-1-3-14-6/h1-2,4H. The Bertz CT molecular complexity index is 418. The summed E-state index contributed by atoms with van der Waals surface area (Å²) in [4.78, 5) is 0.601. The molecule has 0 unspecified atom stereocenters. The highest BCUT2D eigenvalue weighted by molar-refractivity contribution is 7.13. The van der Waals surface area contributed by atoms with Crippen LogP contribution in [0.4, 0.5) is 13.2 Å². The molecule has 14 heavy (non-hydrogen) atoms. The fourth-order valence-electron chi connectivity index (χ4n) is 0.904. The topological polar surface area (TPSA) is 26.0 Å². The van der Waals surface area contributed by atoms with Crippen LogP contribution in [0.2, 0.25) is 0 Å². The van der Waals surface area contributed by atoms with Gasteiger partial charge in [-0.3, -0.25) is 0 Å². The van der Waals surface area contributed by atoms with E-state index in [0.29, 0.717) is 4.88 Å². The average molecular weight is 218 g/mol. The van der Waals surface area contributed by atoms with Crippen LogP contribution >= 0.6 is 11.3 Å². The van der Waals surface area contributed by atoms with Crippen LogP contribution < -0.4 is 0 Å². The van der Waals surface area contributed by atoms with E-state index >= 15 is 0 Å². The van der Waals surface area contributed by atoms with E-state index in [2.05, 4.69) is 15.1 Å². The molecule has 0 bridgehead atoms. The van der Waals surface area contributed by atoms with Crippen molar-refractivity contribution in [1.82, 2.24) is 5.16 Å². The summed E-state index contributed by atoms with van der Waals surface area (Å²) in [5.74, 6) is -1.08. The van der Waals surface area contributed by atoms with Gasteiger partial charge in [0.1, 0.15) is 5.69 Å². The summed E-state index contributed by atoms with van der Waals surface area (Å²) in [6.45, 7) is 0. The smallest absolute Gasteiger partial charge is 0.351 e. The van der Waals surface area contributed by atoms with Crippen molar-refractivity contribution in [3.63, 3.8) is 0 Å². The summed E-state index contributed by atoms with van der Waals surface area (Å²) in [6, 6.07) is 4.12. The Morgan fingerprint density at radius 1 is 1.43 bits per heavy atom. The first-order chi connectivity index (χ1) is 6.57. The molecule has 1 radical (unpaired) electrons. The Morgan fingerprint density at radius 2 is 2.21 bits per heavy atom. The van der Waals surface area contributed by atoms with E-state index in [-0.39, 0.29) is 5.69 Å². The lowest BCUT2D eigenvalue weighted by Gasteiger charge is -1.97. The van der Waals surface area contributed by atoms with E-state index in [0.717, 1.165) is 6.07 Å². The molecule has 0 aliphatic carbocycles. The number of hydrogen-bond donors (Lipinski definition) is 0.